The van der Waals surface area contributed by atoms with Crippen molar-refractivity contribution in [3.63, 3.8) is 0 Å². The number of benzene rings is 2. The second-order valence-electron chi connectivity index (χ2n) is 6.36. The quantitative estimate of drug-likeness (QED) is 0.111. The van der Waals surface area contributed by atoms with Gasteiger partial charge < -0.3 is 15.4 Å². The van der Waals surface area contributed by atoms with Crippen LogP contribution in [0.15, 0.2) is 59.9 Å². The van der Waals surface area contributed by atoms with Crippen LogP contribution in [0.4, 0.5) is 5.69 Å². The van der Waals surface area contributed by atoms with Crippen molar-refractivity contribution in [3.05, 3.63) is 65.0 Å². The minimum absolute atomic E-state index is 0. The summed E-state index contributed by atoms with van der Waals surface area (Å²) in [6, 6.07) is 14.3. The number of nitrogens with one attached hydrogen (secondary N) is 2. The third-order valence-corrected chi connectivity index (χ3v) is 4.29. The third kappa shape index (κ3) is 6.87. The average Bonchev–Trinajstić information content (AvgIpc) is 3.21. The van der Waals surface area contributed by atoms with Crippen molar-refractivity contribution >= 4 is 46.4 Å². The van der Waals surface area contributed by atoms with Gasteiger partial charge in [0.2, 0.25) is 0 Å². The first-order valence-electron chi connectivity index (χ1n) is 9.38. The van der Waals surface area contributed by atoms with Crippen molar-refractivity contribution in [2.24, 2.45) is 4.99 Å². The Morgan fingerprint density at radius 1 is 1.20 bits per heavy atom. The van der Waals surface area contributed by atoms with Crippen LogP contribution in [0.3, 0.4) is 0 Å². The van der Waals surface area contributed by atoms with E-state index in [9.17, 15) is 10.1 Å². The van der Waals surface area contributed by atoms with Gasteiger partial charge in [-0.3, -0.25) is 19.8 Å². The number of aromatic nitrogens is 2. The van der Waals surface area contributed by atoms with E-state index in [0.29, 0.717) is 32.2 Å². The van der Waals surface area contributed by atoms with Crippen LogP contribution in [-0.2, 0) is 6.54 Å². The van der Waals surface area contributed by atoms with Gasteiger partial charge >= 0.3 is 5.69 Å². The highest BCUT2D eigenvalue weighted by atomic mass is 127. The summed E-state index contributed by atoms with van der Waals surface area (Å²) < 4.78 is 7.35. The second kappa shape index (κ2) is 12.0. The van der Waals surface area contributed by atoms with E-state index in [1.807, 2.05) is 24.3 Å². The lowest BCUT2D eigenvalue weighted by molar-refractivity contribution is -0.385. The number of aliphatic imine (C=N–C) groups is 1. The standard InChI is InChI=1S/C20H24N6O3.HI/c1-21-20(23-10-11-25-15-18(14-24-25)26(27)28)22-9-4-12-29-19-8-7-16-5-2-3-6-17(16)13-19;/h2-3,5-8,13-15H,4,9-12H2,1H3,(H2,21,22,23);1H. The Balaban J connectivity index is 0.00000320. The predicted octanol–water partition coefficient (Wildman–Crippen LogP) is 3.20. The van der Waals surface area contributed by atoms with Gasteiger partial charge in [-0.25, -0.2) is 0 Å². The topological polar surface area (TPSA) is 107 Å². The van der Waals surface area contributed by atoms with Crippen LogP contribution in [0.2, 0.25) is 0 Å². The highest BCUT2D eigenvalue weighted by molar-refractivity contribution is 14.0. The molecule has 0 atom stereocenters. The number of halogens is 1. The SMILES string of the molecule is CN=C(NCCCOc1ccc2ccccc2c1)NCCn1cc([N+](=O)[O-])cn1.I. The Bertz CT molecular complexity index is 991. The summed E-state index contributed by atoms with van der Waals surface area (Å²) in [6.45, 7) is 2.35. The lowest BCUT2D eigenvalue weighted by Gasteiger charge is -2.12. The van der Waals surface area contributed by atoms with Crippen LogP contribution in [0.1, 0.15) is 6.42 Å². The van der Waals surface area contributed by atoms with Crippen LogP contribution < -0.4 is 15.4 Å². The van der Waals surface area contributed by atoms with Gasteiger partial charge in [-0.05, 0) is 29.3 Å². The van der Waals surface area contributed by atoms with Crippen molar-refractivity contribution in [3.8, 4) is 5.75 Å². The van der Waals surface area contributed by atoms with E-state index in [0.717, 1.165) is 17.6 Å². The zero-order valence-corrected chi connectivity index (χ0v) is 19.0. The molecule has 0 saturated heterocycles. The Morgan fingerprint density at radius 2 is 1.97 bits per heavy atom. The molecule has 0 aliphatic rings. The molecule has 30 heavy (non-hydrogen) atoms. The number of rotatable bonds is 9. The first-order valence-corrected chi connectivity index (χ1v) is 9.38. The summed E-state index contributed by atoms with van der Waals surface area (Å²) >= 11 is 0. The molecule has 0 unspecified atom stereocenters. The summed E-state index contributed by atoms with van der Waals surface area (Å²) in [6.07, 6.45) is 3.46. The van der Waals surface area contributed by atoms with Gasteiger partial charge in [0.1, 0.15) is 18.1 Å². The van der Waals surface area contributed by atoms with Crippen LogP contribution in [-0.4, -0.2) is 47.4 Å². The molecular weight excluding hydrogens is 499 g/mol. The molecule has 0 aliphatic heterocycles. The second-order valence-corrected chi connectivity index (χ2v) is 6.36. The summed E-state index contributed by atoms with van der Waals surface area (Å²) in [5.74, 6) is 1.52. The molecule has 0 amide bonds. The fraction of sp³-hybridized carbons (Fsp3) is 0.300. The van der Waals surface area contributed by atoms with E-state index in [1.54, 1.807) is 7.05 Å². The van der Waals surface area contributed by atoms with Crippen molar-refractivity contribution in [1.82, 2.24) is 20.4 Å². The zero-order chi connectivity index (χ0) is 20.5. The fourth-order valence-electron chi connectivity index (χ4n) is 2.80. The molecule has 0 aliphatic carbocycles. The molecule has 2 aromatic carbocycles. The number of nitrogens with zero attached hydrogens (tertiary/aromatic N) is 4. The Morgan fingerprint density at radius 3 is 2.70 bits per heavy atom. The maximum atomic E-state index is 10.7. The van der Waals surface area contributed by atoms with Gasteiger partial charge in [-0.1, -0.05) is 30.3 Å². The number of fused-ring (bicyclic) bond motifs is 1. The molecule has 1 aromatic heterocycles. The molecule has 9 nitrogen and oxygen atoms in total. The van der Waals surface area contributed by atoms with E-state index < -0.39 is 4.92 Å². The Hall–Kier alpha value is -2.89. The molecule has 0 spiro atoms. The maximum Gasteiger partial charge on any atom is 0.306 e. The fourth-order valence-corrected chi connectivity index (χ4v) is 2.80. The van der Waals surface area contributed by atoms with Gasteiger partial charge in [-0.15, -0.1) is 24.0 Å². The number of guanidine groups is 1. The molecule has 3 aromatic rings. The first kappa shape index (κ1) is 23.4. The zero-order valence-electron chi connectivity index (χ0n) is 16.7. The van der Waals surface area contributed by atoms with E-state index in [1.165, 1.54) is 22.5 Å². The summed E-state index contributed by atoms with van der Waals surface area (Å²) in [7, 11) is 1.69. The highest BCUT2D eigenvalue weighted by Gasteiger charge is 2.08. The average molecular weight is 524 g/mol. The van der Waals surface area contributed by atoms with Gasteiger partial charge in [0.15, 0.2) is 5.96 Å². The normalized spacial score (nSPS) is 11.0. The van der Waals surface area contributed by atoms with Gasteiger partial charge in [-0.2, -0.15) is 5.10 Å². The molecule has 0 fully saturated rings. The van der Waals surface area contributed by atoms with Crippen LogP contribution in [0, 0.1) is 10.1 Å². The number of nitro groups is 1. The Labute approximate surface area is 191 Å². The molecule has 10 heteroatoms. The van der Waals surface area contributed by atoms with Gasteiger partial charge in [0, 0.05) is 20.1 Å². The summed E-state index contributed by atoms with van der Waals surface area (Å²) in [5.41, 5.74) is -0.0149. The third-order valence-electron chi connectivity index (χ3n) is 4.29. The van der Waals surface area contributed by atoms with Crippen molar-refractivity contribution in [2.45, 2.75) is 13.0 Å². The van der Waals surface area contributed by atoms with E-state index in [2.05, 4.69) is 38.9 Å². The van der Waals surface area contributed by atoms with E-state index in [-0.39, 0.29) is 29.7 Å². The largest absolute Gasteiger partial charge is 0.494 e. The minimum atomic E-state index is -0.461. The first-order chi connectivity index (χ1) is 14.2. The molecule has 160 valence electrons. The minimum Gasteiger partial charge on any atom is -0.494 e. The van der Waals surface area contributed by atoms with Crippen molar-refractivity contribution in [1.29, 1.82) is 0 Å². The summed E-state index contributed by atoms with van der Waals surface area (Å²) in [5, 5.41) is 23.3. The number of hydrogen-bond acceptors (Lipinski definition) is 5. The molecule has 0 radical (unpaired) electrons. The maximum absolute atomic E-state index is 10.7. The summed E-state index contributed by atoms with van der Waals surface area (Å²) in [4.78, 5) is 14.4. The monoisotopic (exact) mass is 524 g/mol. The lowest BCUT2D eigenvalue weighted by atomic mass is 10.1. The smallest absolute Gasteiger partial charge is 0.306 e. The number of hydrogen-bond donors (Lipinski definition) is 2. The molecule has 2 N–H and O–H groups in total. The predicted molar refractivity (Wildman–Crippen MR) is 128 cm³/mol. The molecule has 0 saturated carbocycles. The van der Waals surface area contributed by atoms with Crippen LogP contribution in [0.5, 0.6) is 5.75 Å². The van der Waals surface area contributed by atoms with Gasteiger partial charge in [0.25, 0.3) is 0 Å². The molecule has 3 rings (SSSR count). The molecule has 1 heterocycles. The van der Waals surface area contributed by atoms with Gasteiger partial charge in [0.05, 0.1) is 18.1 Å². The van der Waals surface area contributed by atoms with Crippen LogP contribution in [0.25, 0.3) is 10.8 Å². The van der Waals surface area contributed by atoms with Crippen LogP contribution >= 0.6 is 24.0 Å². The number of ether oxygens (including phenoxy) is 1. The van der Waals surface area contributed by atoms with Crippen molar-refractivity contribution in [2.75, 3.05) is 26.7 Å². The lowest BCUT2D eigenvalue weighted by Crippen LogP contribution is -2.39. The molecule has 0 bridgehead atoms. The van der Waals surface area contributed by atoms with Crippen molar-refractivity contribution < 1.29 is 9.66 Å². The van der Waals surface area contributed by atoms with E-state index >= 15 is 0 Å². The highest BCUT2D eigenvalue weighted by Crippen LogP contribution is 2.20. The van der Waals surface area contributed by atoms with E-state index in [4.69, 9.17) is 4.74 Å². The Kier molecular flexibility index (Phi) is 9.32. The molecular formula is C20H25IN6O3.